The first-order valence-corrected chi connectivity index (χ1v) is 12.4. The Labute approximate surface area is 174 Å². The topological polar surface area (TPSA) is 82.1 Å². The summed E-state index contributed by atoms with van der Waals surface area (Å²) < 4.78 is 40.4. The number of piperidine rings is 1. The van der Waals surface area contributed by atoms with Crippen LogP contribution in [0, 0.1) is 17.8 Å². The molecule has 0 radical (unpaired) electrons. The lowest BCUT2D eigenvalue weighted by Crippen LogP contribution is -2.41. The highest BCUT2D eigenvalue weighted by Crippen LogP contribution is 2.31. The van der Waals surface area contributed by atoms with Crippen LogP contribution in [0.4, 0.5) is 4.79 Å². The van der Waals surface area contributed by atoms with E-state index in [1.165, 1.54) is 6.26 Å². The van der Waals surface area contributed by atoms with E-state index < -0.39 is 9.84 Å². The normalized spacial score (nSPS) is 29.0. The summed E-state index contributed by atoms with van der Waals surface area (Å²) in [6.07, 6.45) is 9.51. The molecule has 2 fully saturated rings. The smallest absolute Gasteiger partial charge is 0.410 e. The van der Waals surface area contributed by atoms with Gasteiger partial charge >= 0.3 is 6.09 Å². The van der Waals surface area contributed by atoms with Crippen LogP contribution in [0.2, 0.25) is 0 Å². The second-order valence-corrected chi connectivity index (χ2v) is 10.7. The van der Waals surface area contributed by atoms with Crippen molar-refractivity contribution in [2.45, 2.75) is 51.9 Å². The summed E-state index contributed by atoms with van der Waals surface area (Å²) in [5, 5.41) is 0. The van der Waals surface area contributed by atoms with E-state index in [1.54, 1.807) is 17.1 Å². The summed E-state index contributed by atoms with van der Waals surface area (Å²) in [5.41, 5.74) is 0. The summed E-state index contributed by atoms with van der Waals surface area (Å²) in [4.78, 5) is 14.2. The third kappa shape index (κ3) is 6.30. The van der Waals surface area contributed by atoms with E-state index in [0.29, 0.717) is 36.4 Å². The van der Waals surface area contributed by atoms with Gasteiger partial charge in [-0.1, -0.05) is 12.2 Å². The average Bonchev–Trinajstić information content (AvgIpc) is 2.68. The zero-order valence-electron chi connectivity index (χ0n) is 17.6. The van der Waals surface area contributed by atoms with E-state index in [0.717, 1.165) is 32.4 Å². The first-order valence-electron chi connectivity index (χ1n) is 10.5. The van der Waals surface area contributed by atoms with Gasteiger partial charge in [0.25, 0.3) is 0 Å². The van der Waals surface area contributed by atoms with Gasteiger partial charge < -0.3 is 19.1 Å². The molecule has 164 valence electrons. The molecular weight excluding hydrogens is 394 g/mol. The molecule has 0 unspecified atom stereocenters. The lowest BCUT2D eigenvalue weighted by atomic mass is 9.87. The molecule has 0 spiro atoms. The maximum absolute atomic E-state index is 12.0. The molecular formula is C21H33NO6S. The highest BCUT2D eigenvalue weighted by atomic mass is 32.2. The molecule has 1 atom stereocenters. The van der Waals surface area contributed by atoms with Crippen LogP contribution >= 0.6 is 0 Å². The van der Waals surface area contributed by atoms with Gasteiger partial charge in [-0.25, -0.2) is 13.2 Å². The van der Waals surface area contributed by atoms with E-state index in [-0.39, 0.29) is 24.4 Å². The van der Waals surface area contributed by atoms with E-state index in [4.69, 9.17) is 14.2 Å². The summed E-state index contributed by atoms with van der Waals surface area (Å²) in [7, 11) is -3.16. The summed E-state index contributed by atoms with van der Waals surface area (Å²) in [6, 6.07) is 0. The maximum atomic E-state index is 12.0. The first-order chi connectivity index (χ1) is 13.7. The minimum atomic E-state index is -3.16. The number of carbonyl (C=O) groups excluding carboxylic acids is 1. The Hall–Kier alpha value is -1.38. The number of rotatable bonds is 5. The number of nitrogens with zero attached hydrogens (tertiary/aromatic N) is 1. The number of hydrogen-bond acceptors (Lipinski definition) is 6. The number of allylic oxidation sites excluding steroid dienone is 2. The molecule has 2 heterocycles. The number of likely N-dealkylation sites (tertiary alicyclic amines) is 1. The van der Waals surface area contributed by atoms with E-state index in [9.17, 15) is 13.2 Å². The van der Waals surface area contributed by atoms with Crippen molar-refractivity contribution in [2.75, 3.05) is 32.6 Å². The molecule has 3 aliphatic rings. The van der Waals surface area contributed by atoms with Gasteiger partial charge in [-0.05, 0) is 51.5 Å². The van der Waals surface area contributed by atoms with Gasteiger partial charge in [0, 0.05) is 31.2 Å². The van der Waals surface area contributed by atoms with Crippen LogP contribution < -0.4 is 0 Å². The van der Waals surface area contributed by atoms with Gasteiger partial charge in [-0.15, -0.1) is 0 Å². The number of sulfone groups is 1. The molecule has 0 saturated carbocycles. The largest absolute Gasteiger partial charge is 0.447 e. The molecule has 2 saturated heterocycles. The summed E-state index contributed by atoms with van der Waals surface area (Å²) in [5.74, 6) is 0.985. The molecule has 7 nitrogen and oxygen atoms in total. The quantitative estimate of drug-likeness (QED) is 0.670. The Morgan fingerprint density at radius 1 is 1.21 bits per heavy atom. The van der Waals surface area contributed by atoms with Crippen LogP contribution in [0.1, 0.15) is 39.5 Å². The van der Waals surface area contributed by atoms with Crippen molar-refractivity contribution >= 4 is 15.9 Å². The molecule has 1 aliphatic carbocycles. The number of amides is 1. The predicted octanol–water partition coefficient (Wildman–Crippen LogP) is 3.13. The van der Waals surface area contributed by atoms with Crippen LogP contribution in [0.15, 0.2) is 23.1 Å². The Morgan fingerprint density at radius 2 is 1.86 bits per heavy atom. The minimum Gasteiger partial charge on any atom is -0.447 e. The third-order valence-corrected chi connectivity index (χ3v) is 6.90. The van der Waals surface area contributed by atoms with Gasteiger partial charge in [-0.2, -0.15) is 0 Å². The van der Waals surface area contributed by atoms with Crippen LogP contribution in [0.3, 0.4) is 0 Å². The fraction of sp³-hybridized carbons (Fsp3) is 0.762. The van der Waals surface area contributed by atoms with Crippen molar-refractivity contribution in [3.05, 3.63) is 23.1 Å². The molecule has 0 aromatic heterocycles. The van der Waals surface area contributed by atoms with Crippen molar-refractivity contribution in [3.8, 4) is 0 Å². The Balaban J connectivity index is 1.38. The van der Waals surface area contributed by atoms with Crippen LogP contribution in [0.25, 0.3) is 0 Å². The zero-order chi connectivity index (χ0) is 21.0. The van der Waals surface area contributed by atoms with Crippen LogP contribution in [-0.4, -0.2) is 64.4 Å². The minimum absolute atomic E-state index is 0.0525. The number of ether oxygens (including phenoxy) is 3. The van der Waals surface area contributed by atoms with Crippen molar-refractivity contribution in [3.63, 3.8) is 0 Å². The molecule has 0 aromatic rings. The molecule has 0 aromatic carbocycles. The van der Waals surface area contributed by atoms with Gasteiger partial charge in [0.2, 0.25) is 0 Å². The van der Waals surface area contributed by atoms with Gasteiger partial charge in [0.1, 0.15) is 0 Å². The molecule has 29 heavy (non-hydrogen) atoms. The van der Waals surface area contributed by atoms with E-state index in [1.807, 2.05) is 19.9 Å². The fourth-order valence-corrected chi connectivity index (χ4v) is 4.86. The second-order valence-electron chi connectivity index (χ2n) is 8.64. The molecule has 3 rings (SSSR count). The molecule has 1 amide bonds. The lowest BCUT2D eigenvalue weighted by Gasteiger charge is -2.37. The highest BCUT2D eigenvalue weighted by Gasteiger charge is 2.32. The molecule has 0 N–H and O–H groups in total. The Morgan fingerprint density at radius 3 is 2.38 bits per heavy atom. The second kappa shape index (κ2) is 9.62. The Bertz CT molecular complexity index is 728. The first kappa shape index (κ1) is 22.3. The maximum Gasteiger partial charge on any atom is 0.410 e. The summed E-state index contributed by atoms with van der Waals surface area (Å²) >= 11 is 0. The van der Waals surface area contributed by atoms with Crippen LogP contribution in [0.5, 0.6) is 0 Å². The van der Waals surface area contributed by atoms with Crippen molar-refractivity contribution in [1.82, 2.24) is 4.90 Å². The average molecular weight is 428 g/mol. The summed E-state index contributed by atoms with van der Waals surface area (Å²) in [6.45, 7) is 6.54. The monoisotopic (exact) mass is 427 g/mol. The fourth-order valence-electron chi connectivity index (χ4n) is 4.13. The zero-order valence-corrected chi connectivity index (χ0v) is 18.4. The van der Waals surface area contributed by atoms with Crippen molar-refractivity contribution in [1.29, 1.82) is 0 Å². The number of hydrogen-bond donors (Lipinski definition) is 0. The standard InChI is InChI=1S/C21H33NO6S/c1-15(2)28-21(23)22-10-8-16(9-11-22)12-17-13-26-20(27-14-17)18-4-6-19(7-5-18)29(3,24)25/h4,6-7,15-18,20H,5,8-14H2,1-3H3/t17?,18-,20?/m0/s1. The van der Waals surface area contributed by atoms with Crippen molar-refractivity contribution in [2.24, 2.45) is 17.8 Å². The van der Waals surface area contributed by atoms with Gasteiger partial charge in [0.05, 0.1) is 24.2 Å². The van der Waals surface area contributed by atoms with E-state index >= 15 is 0 Å². The van der Waals surface area contributed by atoms with E-state index in [2.05, 4.69) is 0 Å². The van der Waals surface area contributed by atoms with Crippen molar-refractivity contribution < 1.29 is 27.4 Å². The lowest BCUT2D eigenvalue weighted by molar-refractivity contribution is -0.219. The van der Waals surface area contributed by atoms with Crippen LogP contribution in [-0.2, 0) is 24.0 Å². The van der Waals surface area contributed by atoms with Gasteiger partial charge in [0.15, 0.2) is 16.1 Å². The Kier molecular flexibility index (Phi) is 7.40. The predicted molar refractivity (Wildman–Crippen MR) is 110 cm³/mol. The molecule has 2 aliphatic heterocycles. The molecule has 0 bridgehead atoms. The number of carbonyl (C=O) groups is 1. The van der Waals surface area contributed by atoms with Gasteiger partial charge in [-0.3, -0.25) is 0 Å². The third-order valence-electron chi connectivity index (χ3n) is 5.74. The molecule has 8 heteroatoms. The SMILES string of the molecule is CC(C)OC(=O)N1CCC(CC2COC([C@H]3C=CC(S(C)(=O)=O)=CC3)OC2)CC1. The highest BCUT2D eigenvalue weighted by molar-refractivity contribution is 7.94.